The van der Waals surface area contributed by atoms with Crippen LogP contribution in [0.5, 0.6) is 23.0 Å². The first-order chi connectivity index (χ1) is 19.4. The van der Waals surface area contributed by atoms with E-state index in [1.54, 1.807) is 44.7 Å². The lowest BCUT2D eigenvalue weighted by Crippen LogP contribution is -2.37. The molecule has 10 nitrogen and oxygen atoms in total. The maximum Gasteiger partial charge on any atom is 0.241 e. The minimum Gasteiger partial charge on any atom is -0.495 e. The van der Waals surface area contributed by atoms with Crippen LogP contribution in [0, 0.1) is 0 Å². The first-order valence-corrected chi connectivity index (χ1v) is 12.4. The molecule has 3 N–H and O–H groups in total. The van der Waals surface area contributed by atoms with E-state index < -0.39 is 6.04 Å². The van der Waals surface area contributed by atoms with E-state index in [1.807, 2.05) is 36.4 Å². The van der Waals surface area contributed by atoms with Gasteiger partial charge in [0.25, 0.3) is 0 Å². The van der Waals surface area contributed by atoms with Crippen LogP contribution in [0.15, 0.2) is 75.8 Å². The van der Waals surface area contributed by atoms with Gasteiger partial charge in [-0.2, -0.15) is 0 Å². The lowest BCUT2D eigenvalue weighted by Gasteiger charge is -2.15. The smallest absolute Gasteiger partial charge is 0.241 e. The van der Waals surface area contributed by atoms with E-state index in [1.165, 1.54) is 14.2 Å². The van der Waals surface area contributed by atoms with Crippen molar-refractivity contribution in [1.29, 1.82) is 0 Å². The van der Waals surface area contributed by atoms with Gasteiger partial charge in [0.1, 0.15) is 17.1 Å². The topological polar surface area (TPSA) is 131 Å². The zero-order valence-corrected chi connectivity index (χ0v) is 23.7. The summed E-state index contributed by atoms with van der Waals surface area (Å²) in [7, 11) is 6.15. The molecule has 2 heterocycles. The SMILES string of the molecule is COc1ccc(-c2cnoc2-c2cc(OC)c(OC)c(OC)c2)cc1NC(=O)C(N)Cc1cc2ccccc2o1.Cl. The Kier molecular flexibility index (Phi) is 9.06. The van der Waals surface area contributed by atoms with Gasteiger partial charge in [0, 0.05) is 22.9 Å². The highest BCUT2D eigenvalue weighted by atomic mass is 35.5. The average molecular weight is 580 g/mol. The summed E-state index contributed by atoms with van der Waals surface area (Å²) in [6.45, 7) is 0. The van der Waals surface area contributed by atoms with Crippen molar-refractivity contribution in [2.24, 2.45) is 5.73 Å². The monoisotopic (exact) mass is 579 g/mol. The average Bonchev–Trinajstić information content (AvgIpc) is 3.63. The van der Waals surface area contributed by atoms with Crippen LogP contribution in [0.1, 0.15) is 5.76 Å². The summed E-state index contributed by atoms with van der Waals surface area (Å²) >= 11 is 0. The summed E-state index contributed by atoms with van der Waals surface area (Å²) in [5, 5.41) is 7.86. The van der Waals surface area contributed by atoms with Gasteiger partial charge < -0.3 is 38.9 Å². The summed E-state index contributed by atoms with van der Waals surface area (Å²) in [4.78, 5) is 13.1. The molecule has 0 radical (unpaired) electrons. The van der Waals surface area contributed by atoms with E-state index in [4.69, 9.17) is 33.6 Å². The first-order valence-electron chi connectivity index (χ1n) is 12.4. The van der Waals surface area contributed by atoms with Crippen molar-refractivity contribution in [2.75, 3.05) is 33.8 Å². The standard InChI is InChI=1S/C30H29N3O7.ClH/c1-35-25-10-9-17(21-16-32-40-28(21)19-13-26(36-2)29(38-4)27(14-19)37-3)12-23(25)33-30(34)22(31)15-20-11-18-7-5-6-8-24(18)39-20;/h5-14,16,22H,15,31H2,1-4H3,(H,33,34);1H. The van der Waals surface area contributed by atoms with Crippen LogP contribution in [0.4, 0.5) is 5.69 Å². The van der Waals surface area contributed by atoms with Crippen LogP contribution in [0.2, 0.25) is 0 Å². The number of carbonyl (C=O) groups excluding carboxylic acids is 1. The molecular formula is C30H30ClN3O7. The predicted molar refractivity (Wildman–Crippen MR) is 157 cm³/mol. The van der Waals surface area contributed by atoms with Gasteiger partial charge in [-0.1, -0.05) is 29.4 Å². The number of carbonyl (C=O) groups is 1. The van der Waals surface area contributed by atoms with Crippen molar-refractivity contribution in [3.8, 4) is 45.4 Å². The molecular weight excluding hydrogens is 550 g/mol. The van der Waals surface area contributed by atoms with Gasteiger partial charge in [0.15, 0.2) is 17.3 Å². The summed E-state index contributed by atoms with van der Waals surface area (Å²) in [5.41, 5.74) is 9.51. The van der Waals surface area contributed by atoms with E-state index >= 15 is 0 Å². The highest BCUT2D eigenvalue weighted by molar-refractivity contribution is 5.97. The number of anilines is 1. The summed E-state index contributed by atoms with van der Waals surface area (Å²) in [6.07, 6.45) is 1.83. The molecule has 0 saturated heterocycles. The molecule has 1 amide bonds. The molecule has 1 unspecified atom stereocenters. The van der Waals surface area contributed by atoms with Crippen LogP contribution in [-0.4, -0.2) is 45.5 Å². The Labute approximate surface area is 242 Å². The minimum absolute atomic E-state index is 0. The second-order valence-electron chi connectivity index (χ2n) is 8.95. The molecule has 0 bridgehead atoms. The Hall–Kier alpha value is -4.67. The lowest BCUT2D eigenvalue weighted by molar-refractivity contribution is -0.117. The van der Waals surface area contributed by atoms with Crippen molar-refractivity contribution in [3.63, 3.8) is 0 Å². The van der Waals surface area contributed by atoms with Crippen LogP contribution >= 0.6 is 12.4 Å². The molecule has 0 aliphatic rings. The third kappa shape index (κ3) is 5.93. The summed E-state index contributed by atoms with van der Waals surface area (Å²) in [5.74, 6) is 2.60. The normalized spacial score (nSPS) is 11.4. The fourth-order valence-electron chi connectivity index (χ4n) is 4.51. The van der Waals surface area contributed by atoms with Crippen molar-refractivity contribution in [1.82, 2.24) is 5.16 Å². The molecule has 0 aliphatic carbocycles. The number of rotatable bonds is 10. The van der Waals surface area contributed by atoms with Crippen molar-refractivity contribution in [3.05, 3.63) is 72.6 Å². The molecule has 0 spiro atoms. The van der Waals surface area contributed by atoms with E-state index in [9.17, 15) is 4.79 Å². The summed E-state index contributed by atoms with van der Waals surface area (Å²) in [6, 6.07) is 17.6. The molecule has 0 fully saturated rings. The maximum atomic E-state index is 13.1. The van der Waals surface area contributed by atoms with Crippen molar-refractivity contribution < 1.29 is 32.7 Å². The lowest BCUT2D eigenvalue weighted by atomic mass is 10.0. The number of amides is 1. The fraction of sp³-hybridized carbons (Fsp3) is 0.200. The van der Waals surface area contributed by atoms with Crippen molar-refractivity contribution >= 4 is 35.0 Å². The Bertz CT molecular complexity index is 1610. The molecule has 0 saturated carbocycles. The van der Waals surface area contributed by atoms with Gasteiger partial charge in [-0.05, 0) is 42.0 Å². The van der Waals surface area contributed by atoms with E-state index in [2.05, 4.69) is 10.5 Å². The third-order valence-corrected chi connectivity index (χ3v) is 6.50. The number of nitrogens with one attached hydrogen (secondary N) is 1. The number of aromatic nitrogens is 1. The van der Waals surface area contributed by atoms with Gasteiger partial charge in [0.2, 0.25) is 11.7 Å². The Balaban J connectivity index is 0.00000387. The number of furan rings is 1. The Morgan fingerprint density at radius 3 is 2.27 bits per heavy atom. The number of methoxy groups -OCH3 is 4. The number of hydrogen-bond donors (Lipinski definition) is 2. The van der Waals surface area contributed by atoms with Gasteiger partial charge in [0.05, 0.1) is 46.4 Å². The largest absolute Gasteiger partial charge is 0.495 e. The number of halogens is 1. The minimum atomic E-state index is -0.848. The molecule has 11 heteroatoms. The number of benzene rings is 3. The van der Waals surface area contributed by atoms with Crippen LogP contribution in [-0.2, 0) is 11.2 Å². The molecule has 2 aromatic heterocycles. The number of para-hydroxylation sites is 1. The quantitative estimate of drug-likeness (QED) is 0.213. The molecule has 214 valence electrons. The second kappa shape index (κ2) is 12.7. The number of nitrogens with two attached hydrogens (primary N) is 1. The molecule has 1 atom stereocenters. The summed E-state index contributed by atoms with van der Waals surface area (Å²) < 4.78 is 33.4. The van der Waals surface area contributed by atoms with E-state index in [0.29, 0.717) is 51.3 Å². The van der Waals surface area contributed by atoms with E-state index in [-0.39, 0.29) is 24.7 Å². The molecule has 5 aromatic rings. The Morgan fingerprint density at radius 2 is 1.61 bits per heavy atom. The van der Waals surface area contributed by atoms with Gasteiger partial charge in [-0.3, -0.25) is 4.79 Å². The molecule has 0 aliphatic heterocycles. The van der Waals surface area contributed by atoms with Gasteiger partial charge in [-0.25, -0.2) is 0 Å². The second-order valence-corrected chi connectivity index (χ2v) is 8.95. The highest BCUT2D eigenvalue weighted by Crippen LogP contribution is 2.44. The van der Waals surface area contributed by atoms with Gasteiger partial charge in [-0.15, -0.1) is 12.4 Å². The Morgan fingerprint density at radius 1 is 0.902 bits per heavy atom. The number of fused-ring (bicyclic) bond motifs is 1. The fourth-order valence-corrected chi connectivity index (χ4v) is 4.51. The maximum absolute atomic E-state index is 13.1. The van der Waals surface area contributed by atoms with Crippen LogP contribution in [0.3, 0.4) is 0 Å². The van der Waals surface area contributed by atoms with Crippen LogP contribution < -0.4 is 30.0 Å². The number of ether oxygens (including phenoxy) is 4. The zero-order valence-electron chi connectivity index (χ0n) is 22.9. The number of hydrogen-bond acceptors (Lipinski definition) is 9. The predicted octanol–water partition coefficient (Wildman–Crippen LogP) is 5.72. The number of nitrogens with zero attached hydrogens (tertiary/aromatic N) is 1. The van der Waals surface area contributed by atoms with Crippen molar-refractivity contribution in [2.45, 2.75) is 12.5 Å². The van der Waals surface area contributed by atoms with Crippen LogP contribution in [0.25, 0.3) is 33.4 Å². The first kappa shape index (κ1) is 29.3. The highest BCUT2D eigenvalue weighted by Gasteiger charge is 2.22. The third-order valence-electron chi connectivity index (χ3n) is 6.50. The molecule has 5 rings (SSSR count). The molecule has 3 aromatic carbocycles. The van der Waals surface area contributed by atoms with Gasteiger partial charge >= 0.3 is 0 Å². The molecule has 41 heavy (non-hydrogen) atoms. The van der Waals surface area contributed by atoms with E-state index in [0.717, 1.165) is 16.5 Å². The zero-order chi connectivity index (χ0) is 28.2.